The van der Waals surface area contributed by atoms with Gasteiger partial charge in [-0.05, 0) is 17.7 Å². The van der Waals surface area contributed by atoms with Crippen molar-refractivity contribution in [1.29, 1.82) is 0 Å². The van der Waals surface area contributed by atoms with Crippen molar-refractivity contribution < 1.29 is 13.6 Å². The molecule has 0 N–H and O–H groups in total. The van der Waals surface area contributed by atoms with E-state index in [-0.39, 0.29) is 6.42 Å². The van der Waals surface area contributed by atoms with Gasteiger partial charge in [0.05, 0.1) is 0 Å². The first-order valence-electron chi connectivity index (χ1n) is 3.78. The van der Waals surface area contributed by atoms with Crippen molar-refractivity contribution in [2.45, 2.75) is 6.42 Å². The van der Waals surface area contributed by atoms with Crippen LogP contribution in [0, 0.1) is 11.6 Å². The summed E-state index contributed by atoms with van der Waals surface area (Å²) in [5.41, 5.74) is 0.416. The van der Waals surface area contributed by atoms with E-state index in [0.29, 0.717) is 11.8 Å². The largest absolute Gasteiger partial charge is 0.303 e. The number of aldehydes is 1. The maximum atomic E-state index is 12.6. The third kappa shape index (κ3) is 3.15. The maximum absolute atomic E-state index is 12.6. The maximum Gasteiger partial charge on any atom is 0.126 e. The molecule has 1 aromatic carbocycles. The summed E-state index contributed by atoms with van der Waals surface area (Å²) < 4.78 is 25.2. The summed E-state index contributed by atoms with van der Waals surface area (Å²) in [5.74, 6) is -1.24. The van der Waals surface area contributed by atoms with Crippen molar-refractivity contribution in [3.63, 3.8) is 0 Å². The smallest absolute Gasteiger partial charge is 0.126 e. The number of halogens is 2. The van der Waals surface area contributed by atoms with Crippen molar-refractivity contribution in [3.05, 3.63) is 41.5 Å². The molecule has 13 heavy (non-hydrogen) atoms. The van der Waals surface area contributed by atoms with Crippen LogP contribution in [0.4, 0.5) is 8.78 Å². The topological polar surface area (TPSA) is 17.1 Å². The minimum absolute atomic E-state index is 0.248. The fraction of sp³-hybridized carbons (Fsp3) is 0.100. The van der Waals surface area contributed by atoms with E-state index in [0.717, 1.165) is 6.07 Å². The highest BCUT2D eigenvalue weighted by molar-refractivity contribution is 5.57. The molecule has 0 aliphatic heterocycles. The van der Waals surface area contributed by atoms with Gasteiger partial charge in [0, 0.05) is 12.5 Å². The Morgan fingerprint density at radius 2 is 1.77 bits per heavy atom. The number of carbonyl (C=O) groups is 1. The second-order valence-electron chi connectivity index (χ2n) is 2.51. The molecule has 0 saturated heterocycles. The number of carbonyl (C=O) groups excluding carboxylic acids is 1. The zero-order valence-electron chi connectivity index (χ0n) is 6.84. The first-order chi connectivity index (χ1) is 6.22. The molecular formula is C10H8F2O. The zero-order chi connectivity index (χ0) is 9.68. The molecule has 0 amide bonds. The van der Waals surface area contributed by atoms with E-state index in [1.54, 1.807) is 6.08 Å². The molecule has 0 radical (unpaired) electrons. The Bertz CT molecular complexity index is 311. The van der Waals surface area contributed by atoms with Crippen molar-refractivity contribution >= 4 is 12.4 Å². The molecule has 0 saturated carbocycles. The van der Waals surface area contributed by atoms with Crippen molar-refractivity contribution in [2.24, 2.45) is 0 Å². The van der Waals surface area contributed by atoms with Crippen molar-refractivity contribution in [2.75, 3.05) is 0 Å². The summed E-state index contributed by atoms with van der Waals surface area (Å²) >= 11 is 0. The van der Waals surface area contributed by atoms with Gasteiger partial charge in [0.2, 0.25) is 0 Å². The van der Waals surface area contributed by atoms with Gasteiger partial charge in [0.15, 0.2) is 0 Å². The number of hydrogen-bond acceptors (Lipinski definition) is 1. The molecule has 1 nitrogen and oxygen atoms in total. The fourth-order valence-corrected chi connectivity index (χ4v) is 0.931. The molecule has 0 fully saturated rings. The SMILES string of the molecule is O=CCC=Cc1cc(F)cc(F)c1. The van der Waals surface area contributed by atoms with Crippen LogP contribution in [0.2, 0.25) is 0 Å². The lowest BCUT2D eigenvalue weighted by Gasteiger charge is -1.94. The Hall–Kier alpha value is -1.51. The Balaban J connectivity index is 2.82. The number of benzene rings is 1. The first-order valence-corrected chi connectivity index (χ1v) is 3.78. The molecule has 0 heterocycles. The fourth-order valence-electron chi connectivity index (χ4n) is 0.931. The molecule has 1 aromatic rings. The van der Waals surface area contributed by atoms with Gasteiger partial charge in [-0.1, -0.05) is 12.2 Å². The molecule has 0 unspecified atom stereocenters. The predicted molar refractivity (Wildman–Crippen MR) is 46.1 cm³/mol. The highest BCUT2D eigenvalue weighted by Crippen LogP contribution is 2.09. The molecule has 1 rings (SSSR count). The average Bonchev–Trinajstić information content (AvgIpc) is 2.03. The van der Waals surface area contributed by atoms with Crippen molar-refractivity contribution in [3.8, 4) is 0 Å². The van der Waals surface area contributed by atoms with Crippen LogP contribution in [-0.4, -0.2) is 6.29 Å². The summed E-state index contributed by atoms with van der Waals surface area (Å²) in [4.78, 5) is 9.93. The molecular weight excluding hydrogens is 174 g/mol. The summed E-state index contributed by atoms with van der Waals surface area (Å²) in [5, 5.41) is 0. The van der Waals surface area contributed by atoms with E-state index in [4.69, 9.17) is 0 Å². The second kappa shape index (κ2) is 4.50. The van der Waals surface area contributed by atoms with E-state index in [9.17, 15) is 13.6 Å². The lowest BCUT2D eigenvalue weighted by atomic mass is 10.2. The van der Waals surface area contributed by atoms with Crippen LogP contribution in [-0.2, 0) is 4.79 Å². The lowest BCUT2D eigenvalue weighted by Crippen LogP contribution is -1.81. The van der Waals surface area contributed by atoms with Gasteiger partial charge in [-0.2, -0.15) is 0 Å². The van der Waals surface area contributed by atoms with Crippen LogP contribution in [0.25, 0.3) is 6.08 Å². The Kier molecular flexibility index (Phi) is 3.31. The third-order valence-electron chi connectivity index (χ3n) is 1.43. The quantitative estimate of drug-likeness (QED) is 0.656. The zero-order valence-corrected chi connectivity index (χ0v) is 6.84. The normalized spacial score (nSPS) is 10.6. The summed E-state index contributed by atoms with van der Waals surface area (Å²) in [6.45, 7) is 0. The van der Waals surface area contributed by atoms with Crippen LogP contribution in [0.1, 0.15) is 12.0 Å². The second-order valence-corrected chi connectivity index (χ2v) is 2.51. The van der Waals surface area contributed by atoms with Gasteiger partial charge >= 0.3 is 0 Å². The summed E-state index contributed by atoms with van der Waals surface area (Å²) in [6.07, 6.45) is 4.01. The van der Waals surface area contributed by atoms with E-state index >= 15 is 0 Å². The molecule has 0 bridgehead atoms. The van der Waals surface area contributed by atoms with Gasteiger partial charge in [0.1, 0.15) is 17.9 Å². The predicted octanol–water partition coefficient (Wildman–Crippen LogP) is 2.57. The number of hydrogen-bond donors (Lipinski definition) is 0. The van der Waals surface area contributed by atoms with E-state index in [2.05, 4.69) is 0 Å². The highest BCUT2D eigenvalue weighted by Gasteiger charge is 1.96. The van der Waals surface area contributed by atoms with E-state index < -0.39 is 11.6 Å². The Labute approximate surface area is 74.7 Å². The van der Waals surface area contributed by atoms with Gasteiger partial charge in [-0.15, -0.1) is 0 Å². The third-order valence-corrected chi connectivity index (χ3v) is 1.43. The van der Waals surface area contributed by atoms with Gasteiger partial charge in [-0.25, -0.2) is 8.78 Å². The van der Waals surface area contributed by atoms with Gasteiger partial charge < -0.3 is 4.79 Å². The summed E-state index contributed by atoms with van der Waals surface area (Å²) in [7, 11) is 0. The van der Waals surface area contributed by atoms with Crippen LogP contribution < -0.4 is 0 Å². The van der Waals surface area contributed by atoms with Crippen LogP contribution in [0.5, 0.6) is 0 Å². The summed E-state index contributed by atoms with van der Waals surface area (Å²) in [6, 6.07) is 3.20. The average molecular weight is 182 g/mol. The molecule has 0 aromatic heterocycles. The first kappa shape index (κ1) is 9.58. The monoisotopic (exact) mass is 182 g/mol. The molecule has 0 spiro atoms. The van der Waals surface area contributed by atoms with Gasteiger partial charge in [0.25, 0.3) is 0 Å². The molecule has 68 valence electrons. The Morgan fingerprint density at radius 3 is 2.31 bits per heavy atom. The number of allylic oxidation sites excluding steroid dienone is 1. The Morgan fingerprint density at radius 1 is 1.15 bits per heavy atom. The molecule has 3 heteroatoms. The molecule has 0 aliphatic rings. The van der Waals surface area contributed by atoms with Crippen LogP contribution in [0.3, 0.4) is 0 Å². The minimum atomic E-state index is -0.620. The van der Waals surface area contributed by atoms with Crippen LogP contribution in [0.15, 0.2) is 24.3 Å². The molecule has 0 atom stereocenters. The standard InChI is InChI=1S/C10H8F2O/c11-9-5-8(3-1-2-4-13)6-10(12)7-9/h1,3-7H,2H2. The minimum Gasteiger partial charge on any atom is -0.303 e. The number of rotatable bonds is 3. The van der Waals surface area contributed by atoms with Gasteiger partial charge in [-0.3, -0.25) is 0 Å². The van der Waals surface area contributed by atoms with Crippen molar-refractivity contribution in [1.82, 2.24) is 0 Å². The van der Waals surface area contributed by atoms with E-state index in [1.807, 2.05) is 0 Å². The highest BCUT2D eigenvalue weighted by atomic mass is 19.1. The molecule has 0 aliphatic carbocycles. The van der Waals surface area contributed by atoms with E-state index in [1.165, 1.54) is 18.2 Å². The lowest BCUT2D eigenvalue weighted by molar-refractivity contribution is -0.107. The van der Waals surface area contributed by atoms with Crippen LogP contribution >= 0.6 is 0 Å².